The largest absolute Gasteiger partial charge is 0.499 e. The Balaban J connectivity index is 1.58. The molecule has 1 saturated carbocycles. The Labute approximate surface area is 201 Å². The summed E-state index contributed by atoms with van der Waals surface area (Å²) in [4.78, 5) is 22.1. The summed E-state index contributed by atoms with van der Waals surface area (Å²) in [5.74, 6) is 1.53. The minimum atomic E-state index is -0.543. The number of nitrogens with zero attached hydrogens (tertiary/aromatic N) is 2. The van der Waals surface area contributed by atoms with Crippen LogP contribution in [-0.4, -0.2) is 42.8 Å². The number of hydrogen-bond donors (Lipinski definition) is 1. The van der Waals surface area contributed by atoms with E-state index in [4.69, 9.17) is 9.72 Å². The molecule has 7 heteroatoms. The van der Waals surface area contributed by atoms with Gasteiger partial charge in [-0.3, -0.25) is 4.15 Å². The first-order valence-corrected chi connectivity index (χ1v) is 12.7. The molecule has 1 aliphatic carbocycles. The lowest BCUT2D eigenvalue weighted by molar-refractivity contribution is -0.765. The number of nitrogens with one attached hydrogen (secondary N) is 1. The smallest absolute Gasteiger partial charge is 0.416 e. The highest BCUT2D eigenvalue weighted by Crippen LogP contribution is 2.66. The molecule has 2 aromatic carbocycles. The van der Waals surface area contributed by atoms with E-state index in [1.807, 2.05) is 26.8 Å². The molecule has 1 N–H and O–H groups in total. The molecular weight excluding hydrogens is 482 g/mol. The van der Waals surface area contributed by atoms with Gasteiger partial charge in [0.25, 0.3) is 0 Å². The van der Waals surface area contributed by atoms with E-state index < -0.39 is 5.60 Å². The zero-order chi connectivity index (χ0) is 22.9. The molecular formula is C25H30BrN3O2Si+. The molecule has 1 spiro atoms. The molecule has 1 aromatic heterocycles. The summed E-state index contributed by atoms with van der Waals surface area (Å²) in [5.41, 5.74) is 1.60. The highest BCUT2D eigenvalue weighted by Gasteiger charge is 2.68. The van der Waals surface area contributed by atoms with Crippen LogP contribution in [0.25, 0.3) is 21.8 Å². The normalized spacial score (nSPS) is 29.8. The van der Waals surface area contributed by atoms with Crippen molar-refractivity contribution >= 4 is 54.2 Å². The van der Waals surface area contributed by atoms with Gasteiger partial charge in [-0.15, -0.1) is 0 Å². The van der Waals surface area contributed by atoms with Gasteiger partial charge in [0.05, 0.1) is 17.6 Å². The van der Waals surface area contributed by atoms with Crippen LogP contribution in [0, 0.1) is 11.3 Å². The second kappa shape index (κ2) is 7.40. The van der Waals surface area contributed by atoms with Gasteiger partial charge in [-0.05, 0) is 63.1 Å². The number of halogens is 1. The van der Waals surface area contributed by atoms with Crippen LogP contribution in [-0.2, 0) is 4.74 Å². The summed E-state index contributed by atoms with van der Waals surface area (Å²) >= 11 is 3.56. The van der Waals surface area contributed by atoms with E-state index in [0.717, 1.165) is 45.1 Å². The van der Waals surface area contributed by atoms with Crippen LogP contribution >= 0.6 is 15.9 Å². The Hall–Kier alpha value is -1.70. The third kappa shape index (κ3) is 3.62. The van der Waals surface area contributed by atoms with Gasteiger partial charge in [0.2, 0.25) is 0 Å². The SMILES string of the molecule is CCCC1CC12CC(c1nc3c(ccc4cc(Br)ccc43)[nH]1)[N+]([Si])(C(=O)OC(C)(C)C)C2. The molecule has 1 saturated heterocycles. The average molecular weight is 513 g/mol. The van der Waals surface area contributed by atoms with E-state index in [9.17, 15) is 4.79 Å². The van der Waals surface area contributed by atoms with E-state index in [0.29, 0.717) is 5.92 Å². The molecule has 2 heterocycles. The molecule has 5 nitrogen and oxygen atoms in total. The molecule has 3 radical (unpaired) electrons. The van der Waals surface area contributed by atoms with Crippen molar-refractivity contribution in [1.82, 2.24) is 9.97 Å². The lowest BCUT2D eigenvalue weighted by Crippen LogP contribution is -2.53. The summed E-state index contributed by atoms with van der Waals surface area (Å²) in [6.45, 7) is 8.76. The molecule has 32 heavy (non-hydrogen) atoms. The minimum absolute atomic E-state index is 0.0702. The molecule has 2 fully saturated rings. The fourth-order valence-corrected chi connectivity index (χ4v) is 6.59. The van der Waals surface area contributed by atoms with Crippen molar-refractivity contribution in [3.63, 3.8) is 0 Å². The third-order valence-corrected chi connectivity index (χ3v) is 8.32. The highest BCUT2D eigenvalue weighted by atomic mass is 79.9. The fourth-order valence-electron chi connectivity index (χ4n) is 5.63. The second-order valence-corrected chi connectivity index (χ2v) is 12.4. The molecule has 0 bridgehead atoms. The van der Waals surface area contributed by atoms with Crippen molar-refractivity contribution in [2.75, 3.05) is 6.54 Å². The van der Waals surface area contributed by atoms with Gasteiger partial charge in [-0.2, -0.15) is 4.79 Å². The standard InChI is InChI=1S/C25H30BrN3O2Si/c1-5-6-16-12-25(16)13-20(29(32,14-25)23(30)31-24(2,3)4)22-27-19-10-7-15-11-17(26)8-9-18(15)21(19)28-22/h7-11,16,20H,5-6,12-14H2,1-4H3,(H,27,28)/q+1. The van der Waals surface area contributed by atoms with Crippen LogP contribution in [0.4, 0.5) is 4.79 Å². The van der Waals surface area contributed by atoms with Gasteiger partial charge in [0.15, 0.2) is 5.82 Å². The van der Waals surface area contributed by atoms with Crippen molar-refractivity contribution in [2.45, 2.75) is 65.0 Å². The van der Waals surface area contributed by atoms with Gasteiger partial charge < -0.3 is 9.72 Å². The monoisotopic (exact) mass is 511 g/mol. The zero-order valence-electron chi connectivity index (χ0n) is 19.2. The Morgan fingerprint density at radius 1 is 1.31 bits per heavy atom. The van der Waals surface area contributed by atoms with Crippen molar-refractivity contribution in [2.24, 2.45) is 11.3 Å². The predicted octanol–water partition coefficient (Wildman–Crippen LogP) is 6.57. The fraction of sp³-hybridized carbons (Fsp3) is 0.520. The Morgan fingerprint density at radius 2 is 2.09 bits per heavy atom. The van der Waals surface area contributed by atoms with Gasteiger partial charge in [-0.25, -0.2) is 4.98 Å². The summed E-state index contributed by atoms with van der Waals surface area (Å²) in [6.07, 6.45) is 4.28. The second-order valence-electron chi connectivity index (χ2n) is 10.7. The molecule has 167 valence electrons. The topological polar surface area (TPSA) is 55.0 Å². The number of benzene rings is 2. The first kappa shape index (κ1) is 22.1. The number of amides is 1. The Bertz CT molecular complexity index is 1220. The van der Waals surface area contributed by atoms with Crippen molar-refractivity contribution < 1.29 is 13.7 Å². The quantitative estimate of drug-likeness (QED) is 0.404. The maximum Gasteiger partial charge on any atom is 0.499 e. The van der Waals surface area contributed by atoms with Crippen LogP contribution < -0.4 is 0 Å². The third-order valence-electron chi connectivity index (χ3n) is 7.18. The number of H-pyrrole nitrogens is 1. The number of carbonyl (C=O) groups excluding carboxylic acids is 1. The maximum atomic E-state index is 13.5. The number of ether oxygens (including phenoxy) is 1. The molecule has 2 aliphatic rings. The van der Waals surface area contributed by atoms with Crippen LogP contribution in [0.15, 0.2) is 34.8 Å². The number of carbonyl (C=O) groups is 1. The van der Waals surface area contributed by atoms with E-state index >= 15 is 0 Å². The maximum absolute atomic E-state index is 13.5. The number of rotatable bonds is 3. The average Bonchev–Trinajstić information content (AvgIpc) is 3.05. The molecule has 5 rings (SSSR count). The molecule has 1 amide bonds. The minimum Gasteiger partial charge on any atom is -0.416 e. The van der Waals surface area contributed by atoms with Crippen molar-refractivity contribution in [1.29, 1.82) is 0 Å². The predicted molar refractivity (Wildman–Crippen MR) is 131 cm³/mol. The molecule has 3 aromatic rings. The van der Waals surface area contributed by atoms with Gasteiger partial charge in [-0.1, -0.05) is 41.4 Å². The van der Waals surface area contributed by atoms with Crippen LogP contribution in [0.5, 0.6) is 0 Å². The van der Waals surface area contributed by atoms with Gasteiger partial charge in [0, 0.05) is 21.7 Å². The molecule has 4 unspecified atom stereocenters. The van der Waals surface area contributed by atoms with E-state index in [-0.39, 0.29) is 21.7 Å². The van der Waals surface area contributed by atoms with Crippen molar-refractivity contribution in [3.05, 3.63) is 40.6 Å². The van der Waals surface area contributed by atoms with Crippen LogP contribution in [0.3, 0.4) is 0 Å². The van der Waals surface area contributed by atoms with Crippen molar-refractivity contribution in [3.8, 4) is 0 Å². The first-order valence-electron chi connectivity index (χ1n) is 11.5. The number of hydrogen-bond acceptors (Lipinski definition) is 3. The van der Waals surface area contributed by atoms with Crippen LogP contribution in [0.2, 0.25) is 0 Å². The van der Waals surface area contributed by atoms with Gasteiger partial charge in [0.1, 0.15) is 11.6 Å². The number of aromatic amines is 1. The summed E-state index contributed by atoms with van der Waals surface area (Å²) in [6, 6.07) is 10.3. The summed E-state index contributed by atoms with van der Waals surface area (Å²) in [7, 11) is 3.94. The lowest BCUT2D eigenvalue weighted by atomic mass is 9.97. The molecule has 4 atom stereocenters. The molecule has 1 aliphatic heterocycles. The summed E-state index contributed by atoms with van der Waals surface area (Å²) < 4.78 is 7.01. The number of quaternary nitrogens is 1. The van der Waals surface area contributed by atoms with Gasteiger partial charge >= 0.3 is 16.5 Å². The Morgan fingerprint density at radius 3 is 2.81 bits per heavy atom. The number of aromatic nitrogens is 2. The lowest BCUT2D eigenvalue weighted by Gasteiger charge is -2.34. The summed E-state index contributed by atoms with van der Waals surface area (Å²) in [5, 5.41) is 2.25. The number of fused-ring (bicyclic) bond motifs is 3. The number of likely N-dealkylation sites (tertiary alicyclic amines) is 1. The first-order chi connectivity index (χ1) is 15.0. The van der Waals surface area contributed by atoms with Crippen LogP contribution in [0.1, 0.15) is 65.2 Å². The van der Waals surface area contributed by atoms with E-state index in [1.54, 1.807) is 0 Å². The van der Waals surface area contributed by atoms with E-state index in [2.05, 4.69) is 62.5 Å². The van der Waals surface area contributed by atoms with E-state index in [1.165, 1.54) is 19.3 Å². The zero-order valence-corrected chi connectivity index (χ0v) is 21.8. The Kier molecular flexibility index (Phi) is 5.11. The highest BCUT2D eigenvalue weighted by molar-refractivity contribution is 9.10. The number of imidazole rings is 1.